The highest BCUT2D eigenvalue weighted by molar-refractivity contribution is 5.95. The average Bonchev–Trinajstić information content (AvgIpc) is 2.62. The lowest BCUT2D eigenvalue weighted by atomic mass is 9.98. The second kappa shape index (κ2) is 7.94. The fourth-order valence-electron chi connectivity index (χ4n) is 3.67. The topological polar surface area (TPSA) is 32.3 Å². The lowest BCUT2D eigenvalue weighted by Crippen LogP contribution is -2.32. The first-order valence-electron chi connectivity index (χ1n) is 9.67. The van der Waals surface area contributed by atoms with Crippen LogP contribution >= 0.6 is 0 Å². The number of amides is 1. The molecule has 1 amide bonds. The van der Waals surface area contributed by atoms with Crippen molar-refractivity contribution in [1.82, 2.24) is 5.32 Å². The van der Waals surface area contributed by atoms with Crippen molar-refractivity contribution < 1.29 is 4.79 Å². The van der Waals surface area contributed by atoms with Crippen molar-refractivity contribution in [2.24, 2.45) is 5.92 Å². The van der Waals surface area contributed by atoms with Gasteiger partial charge >= 0.3 is 0 Å². The van der Waals surface area contributed by atoms with Gasteiger partial charge in [-0.2, -0.15) is 0 Å². The monoisotopic (exact) mass is 350 g/mol. The van der Waals surface area contributed by atoms with Crippen LogP contribution in [0.2, 0.25) is 0 Å². The zero-order valence-corrected chi connectivity index (χ0v) is 16.4. The van der Waals surface area contributed by atoms with Crippen LogP contribution in [0.15, 0.2) is 42.5 Å². The van der Waals surface area contributed by atoms with Crippen molar-refractivity contribution in [1.29, 1.82) is 0 Å². The van der Waals surface area contributed by atoms with Crippen LogP contribution in [0.4, 0.5) is 5.69 Å². The Morgan fingerprint density at radius 1 is 1.08 bits per heavy atom. The summed E-state index contributed by atoms with van der Waals surface area (Å²) in [7, 11) is 0. The van der Waals surface area contributed by atoms with Gasteiger partial charge in [-0.25, -0.2) is 0 Å². The summed E-state index contributed by atoms with van der Waals surface area (Å²) in [5.41, 5.74) is 5.37. The van der Waals surface area contributed by atoms with Crippen LogP contribution in [0.25, 0.3) is 0 Å². The lowest BCUT2D eigenvalue weighted by Gasteiger charge is -2.32. The van der Waals surface area contributed by atoms with Gasteiger partial charge < -0.3 is 10.2 Å². The molecule has 3 heteroatoms. The van der Waals surface area contributed by atoms with Gasteiger partial charge in [-0.15, -0.1) is 0 Å². The highest BCUT2D eigenvalue weighted by Crippen LogP contribution is 2.25. The van der Waals surface area contributed by atoms with E-state index >= 15 is 0 Å². The molecule has 0 spiro atoms. The van der Waals surface area contributed by atoms with Gasteiger partial charge in [0.05, 0.1) is 6.04 Å². The van der Waals surface area contributed by atoms with E-state index in [-0.39, 0.29) is 11.9 Å². The highest BCUT2D eigenvalue weighted by atomic mass is 16.1. The van der Waals surface area contributed by atoms with Crippen molar-refractivity contribution in [2.75, 3.05) is 18.0 Å². The van der Waals surface area contributed by atoms with E-state index in [4.69, 9.17) is 0 Å². The van der Waals surface area contributed by atoms with Gasteiger partial charge in [0.15, 0.2) is 0 Å². The summed E-state index contributed by atoms with van der Waals surface area (Å²) in [6.07, 6.45) is 2.54. The Morgan fingerprint density at radius 3 is 2.35 bits per heavy atom. The standard InChI is InChI=1S/C23H30N2O/c1-16-11-13-25(14-12-16)21-8-6-20(7-9-21)19(4)24-23(26)22-10-5-17(2)15-18(22)3/h5-10,15-16,19H,11-14H2,1-4H3,(H,24,26). The molecule has 1 N–H and O–H groups in total. The molecule has 0 aromatic heterocycles. The quantitative estimate of drug-likeness (QED) is 0.839. The van der Waals surface area contributed by atoms with Gasteiger partial charge in [-0.3, -0.25) is 4.79 Å². The molecule has 2 aromatic carbocycles. The molecule has 2 aromatic rings. The predicted octanol–water partition coefficient (Wildman–Crippen LogP) is 5.03. The van der Waals surface area contributed by atoms with E-state index in [1.165, 1.54) is 24.1 Å². The maximum absolute atomic E-state index is 12.6. The van der Waals surface area contributed by atoms with Gasteiger partial charge in [-0.05, 0) is 68.9 Å². The molecule has 1 fully saturated rings. The molecular weight excluding hydrogens is 320 g/mol. The fourth-order valence-corrected chi connectivity index (χ4v) is 3.67. The second-order valence-corrected chi connectivity index (χ2v) is 7.77. The van der Waals surface area contributed by atoms with E-state index in [2.05, 4.69) is 41.4 Å². The first kappa shape index (κ1) is 18.5. The molecule has 1 aliphatic rings. The zero-order valence-electron chi connectivity index (χ0n) is 16.4. The Labute approximate surface area is 157 Å². The molecule has 1 heterocycles. The summed E-state index contributed by atoms with van der Waals surface area (Å²) in [4.78, 5) is 15.0. The van der Waals surface area contributed by atoms with Crippen LogP contribution in [-0.4, -0.2) is 19.0 Å². The third-order valence-electron chi connectivity index (χ3n) is 5.52. The number of hydrogen-bond donors (Lipinski definition) is 1. The van der Waals surface area contributed by atoms with Crippen LogP contribution in [0.5, 0.6) is 0 Å². The minimum Gasteiger partial charge on any atom is -0.372 e. The van der Waals surface area contributed by atoms with Crippen molar-refractivity contribution in [3.05, 3.63) is 64.7 Å². The van der Waals surface area contributed by atoms with E-state index in [1.807, 2.05) is 39.0 Å². The van der Waals surface area contributed by atoms with Crippen LogP contribution in [0.3, 0.4) is 0 Å². The van der Waals surface area contributed by atoms with Crippen molar-refractivity contribution in [3.8, 4) is 0 Å². The summed E-state index contributed by atoms with van der Waals surface area (Å²) in [6, 6.07) is 14.6. The number of nitrogens with zero attached hydrogens (tertiary/aromatic N) is 1. The molecule has 0 saturated carbocycles. The highest BCUT2D eigenvalue weighted by Gasteiger charge is 2.17. The smallest absolute Gasteiger partial charge is 0.252 e. The zero-order chi connectivity index (χ0) is 18.7. The summed E-state index contributed by atoms with van der Waals surface area (Å²) < 4.78 is 0. The Kier molecular flexibility index (Phi) is 5.65. The molecule has 0 bridgehead atoms. The molecular formula is C23H30N2O. The minimum atomic E-state index is -0.0152. The Hall–Kier alpha value is -2.29. The van der Waals surface area contributed by atoms with E-state index in [0.29, 0.717) is 0 Å². The first-order chi connectivity index (χ1) is 12.4. The van der Waals surface area contributed by atoms with Crippen LogP contribution in [-0.2, 0) is 0 Å². The predicted molar refractivity (Wildman–Crippen MR) is 109 cm³/mol. The first-order valence-corrected chi connectivity index (χ1v) is 9.67. The number of piperidine rings is 1. The van der Waals surface area contributed by atoms with E-state index in [0.717, 1.165) is 35.7 Å². The molecule has 3 nitrogen and oxygen atoms in total. The molecule has 1 unspecified atom stereocenters. The number of carbonyl (C=O) groups is 1. The van der Waals surface area contributed by atoms with E-state index in [9.17, 15) is 4.79 Å². The lowest BCUT2D eigenvalue weighted by molar-refractivity contribution is 0.0939. The number of benzene rings is 2. The molecule has 0 radical (unpaired) electrons. The summed E-state index contributed by atoms with van der Waals surface area (Å²) >= 11 is 0. The molecule has 138 valence electrons. The SMILES string of the molecule is Cc1ccc(C(=O)NC(C)c2ccc(N3CCC(C)CC3)cc2)c(C)c1. The number of anilines is 1. The van der Waals surface area contributed by atoms with Gasteiger partial charge in [-0.1, -0.05) is 36.8 Å². The largest absolute Gasteiger partial charge is 0.372 e. The minimum absolute atomic E-state index is 0.0101. The normalized spacial score (nSPS) is 16.4. The number of hydrogen-bond acceptors (Lipinski definition) is 2. The molecule has 1 atom stereocenters. The second-order valence-electron chi connectivity index (χ2n) is 7.77. The number of nitrogens with one attached hydrogen (secondary N) is 1. The summed E-state index contributed by atoms with van der Waals surface area (Å²) in [6.45, 7) is 10.7. The van der Waals surface area contributed by atoms with Crippen LogP contribution in [0.1, 0.15) is 59.8 Å². The molecule has 1 saturated heterocycles. The summed E-state index contributed by atoms with van der Waals surface area (Å²) in [5.74, 6) is 0.829. The van der Waals surface area contributed by atoms with Gasteiger partial charge in [0, 0.05) is 24.3 Å². The van der Waals surface area contributed by atoms with Crippen molar-refractivity contribution >= 4 is 11.6 Å². The van der Waals surface area contributed by atoms with E-state index in [1.54, 1.807) is 0 Å². The molecule has 1 aliphatic heterocycles. The Bertz CT molecular complexity index is 758. The summed E-state index contributed by atoms with van der Waals surface area (Å²) in [5, 5.41) is 3.13. The van der Waals surface area contributed by atoms with Gasteiger partial charge in [0.25, 0.3) is 5.91 Å². The molecule has 0 aliphatic carbocycles. The maximum Gasteiger partial charge on any atom is 0.252 e. The average molecular weight is 351 g/mol. The van der Waals surface area contributed by atoms with Crippen molar-refractivity contribution in [2.45, 2.75) is 46.6 Å². The number of rotatable bonds is 4. The van der Waals surface area contributed by atoms with Crippen LogP contribution < -0.4 is 10.2 Å². The van der Waals surface area contributed by atoms with E-state index < -0.39 is 0 Å². The molecule has 3 rings (SSSR count). The van der Waals surface area contributed by atoms with Crippen LogP contribution in [0, 0.1) is 19.8 Å². The fraction of sp³-hybridized carbons (Fsp3) is 0.435. The number of carbonyl (C=O) groups excluding carboxylic acids is 1. The molecule has 26 heavy (non-hydrogen) atoms. The third kappa shape index (κ3) is 4.27. The van der Waals surface area contributed by atoms with Gasteiger partial charge in [0.1, 0.15) is 0 Å². The van der Waals surface area contributed by atoms with Gasteiger partial charge in [0.2, 0.25) is 0 Å². The van der Waals surface area contributed by atoms with Crippen molar-refractivity contribution in [3.63, 3.8) is 0 Å². The maximum atomic E-state index is 12.6. The third-order valence-corrected chi connectivity index (χ3v) is 5.52. The Morgan fingerprint density at radius 2 is 1.73 bits per heavy atom. The number of aryl methyl sites for hydroxylation is 2. The Balaban J connectivity index is 1.64.